The summed E-state index contributed by atoms with van der Waals surface area (Å²) in [6.45, 7) is 2.31. The summed E-state index contributed by atoms with van der Waals surface area (Å²) in [7, 11) is 0. The Morgan fingerprint density at radius 3 is 2.65 bits per heavy atom. The van der Waals surface area contributed by atoms with E-state index in [-0.39, 0.29) is 18.3 Å². The van der Waals surface area contributed by atoms with Gasteiger partial charge in [-0.25, -0.2) is 9.79 Å². The lowest BCUT2D eigenvalue weighted by atomic mass is 10.2. The van der Waals surface area contributed by atoms with Crippen LogP contribution in [0, 0.1) is 0 Å². The number of ether oxygens (including phenoxy) is 2. The number of carboxylic acid groups (broad SMARTS) is 1. The van der Waals surface area contributed by atoms with Gasteiger partial charge in [-0.15, -0.1) is 0 Å². The summed E-state index contributed by atoms with van der Waals surface area (Å²) in [5, 5.41) is 12.2. The highest BCUT2D eigenvalue weighted by molar-refractivity contribution is 9.10. The number of aromatic carboxylic acids is 1. The van der Waals surface area contributed by atoms with Gasteiger partial charge >= 0.3 is 5.97 Å². The molecule has 0 aliphatic carbocycles. The molecule has 8 nitrogen and oxygen atoms in total. The molecular weight excluding hydrogens is 524 g/mol. The van der Waals surface area contributed by atoms with E-state index in [0.29, 0.717) is 33.9 Å². The van der Waals surface area contributed by atoms with Gasteiger partial charge in [0.15, 0.2) is 16.7 Å². The van der Waals surface area contributed by atoms with Crippen molar-refractivity contribution in [2.75, 3.05) is 6.61 Å². The maximum atomic E-state index is 12.4. The molecule has 1 aromatic heterocycles. The first-order valence-electron chi connectivity index (χ1n) is 10.2. The van der Waals surface area contributed by atoms with Crippen LogP contribution in [0.3, 0.4) is 0 Å². The standard InChI is InChI=1S/C24H19BrN2O6S/c1-2-31-20-11-14(3-9-18(20)32-13-17-8-10-19(33-17)23(29)30)12-21-22(28)27-24(34-21)26-16-6-4-15(25)5-7-16/h3-12H,2,13H2,1H3,(H,29,30)(H,26,27,28). The maximum Gasteiger partial charge on any atom is 0.371 e. The topological polar surface area (TPSA) is 110 Å². The summed E-state index contributed by atoms with van der Waals surface area (Å²) >= 11 is 4.64. The predicted molar refractivity (Wildman–Crippen MR) is 133 cm³/mol. The molecule has 2 aromatic carbocycles. The first-order chi connectivity index (χ1) is 16.4. The molecule has 2 N–H and O–H groups in total. The van der Waals surface area contributed by atoms with E-state index in [0.717, 1.165) is 15.7 Å². The molecule has 0 radical (unpaired) electrons. The molecule has 0 bridgehead atoms. The fourth-order valence-electron chi connectivity index (χ4n) is 2.99. The second-order valence-corrected chi connectivity index (χ2v) is 8.90. The Kier molecular flexibility index (Phi) is 7.39. The first kappa shape index (κ1) is 23.7. The van der Waals surface area contributed by atoms with Gasteiger partial charge < -0.3 is 24.3 Å². The Hall–Kier alpha value is -3.50. The fourth-order valence-corrected chi connectivity index (χ4v) is 4.09. The number of amidine groups is 1. The number of halogens is 1. The fraction of sp³-hybridized carbons (Fsp3) is 0.125. The van der Waals surface area contributed by atoms with Crippen molar-refractivity contribution in [3.05, 3.63) is 81.1 Å². The molecule has 34 heavy (non-hydrogen) atoms. The van der Waals surface area contributed by atoms with Gasteiger partial charge in [0, 0.05) is 4.47 Å². The zero-order valence-corrected chi connectivity index (χ0v) is 20.3. The second-order valence-electron chi connectivity index (χ2n) is 6.96. The second kappa shape index (κ2) is 10.6. The van der Waals surface area contributed by atoms with Gasteiger partial charge in [0.25, 0.3) is 5.91 Å². The predicted octanol–water partition coefficient (Wildman–Crippen LogP) is 5.61. The number of amides is 1. The minimum absolute atomic E-state index is 0.0436. The Morgan fingerprint density at radius 2 is 1.94 bits per heavy atom. The Labute approximate surface area is 207 Å². The third kappa shape index (κ3) is 5.89. The monoisotopic (exact) mass is 542 g/mol. The van der Waals surface area contributed by atoms with Crippen LogP contribution in [-0.2, 0) is 11.4 Å². The van der Waals surface area contributed by atoms with E-state index in [1.807, 2.05) is 31.2 Å². The number of rotatable bonds is 8. The molecule has 4 rings (SSSR count). The van der Waals surface area contributed by atoms with Gasteiger partial charge in [-0.05, 0) is 78.9 Å². The highest BCUT2D eigenvalue weighted by atomic mass is 79.9. The molecule has 3 aromatic rings. The molecule has 10 heteroatoms. The third-order valence-electron chi connectivity index (χ3n) is 4.52. The van der Waals surface area contributed by atoms with Crippen LogP contribution < -0.4 is 14.8 Å². The summed E-state index contributed by atoms with van der Waals surface area (Å²) in [5.74, 6) is -0.181. The minimum Gasteiger partial charge on any atom is -0.490 e. The largest absolute Gasteiger partial charge is 0.490 e. The van der Waals surface area contributed by atoms with Crippen molar-refractivity contribution in [1.82, 2.24) is 5.32 Å². The van der Waals surface area contributed by atoms with Crippen LogP contribution in [0.15, 0.2) is 73.4 Å². The average molecular weight is 543 g/mol. The zero-order chi connectivity index (χ0) is 24.1. The highest BCUT2D eigenvalue weighted by Gasteiger charge is 2.24. The first-order valence-corrected chi connectivity index (χ1v) is 11.8. The summed E-state index contributed by atoms with van der Waals surface area (Å²) in [6, 6.07) is 15.7. The van der Waals surface area contributed by atoms with Crippen molar-refractivity contribution in [2.45, 2.75) is 13.5 Å². The lowest BCUT2D eigenvalue weighted by Crippen LogP contribution is -2.19. The van der Waals surface area contributed by atoms with Crippen LogP contribution in [0.1, 0.15) is 28.8 Å². The van der Waals surface area contributed by atoms with Crippen LogP contribution in [0.5, 0.6) is 11.5 Å². The molecule has 0 unspecified atom stereocenters. The minimum atomic E-state index is -1.14. The smallest absolute Gasteiger partial charge is 0.371 e. The van der Waals surface area contributed by atoms with Gasteiger partial charge in [-0.1, -0.05) is 22.0 Å². The number of carbonyl (C=O) groups excluding carboxylic acids is 1. The maximum absolute atomic E-state index is 12.4. The SMILES string of the molecule is CCOc1cc(C=C2SC(=Nc3ccc(Br)cc3)NC2=O)ccc1OCc1ccc(C(=O)O)o1. The number of furan rings is 1. The molecular formula is C24H19BrN2O6S. The van der Waals surface area contributed by atoms with Crippen LogP contribution in [-0.4, -0.2) is 28.8 Å². The number of aliphatic imine (C=N–C) groups is 1. The molecule has 0 saturated carbocycles. The van der Waals surface area contributed by atoms with E-state index >= 15 is 0 Å². The van der Waals surface area contributed by atoms with Crippen molar-refractivity contribution >= 4 is 56.5 Å². The molecule has 1 saturated heterocycles. The number of hydrogen-bond donors (Lipinski definition) is 2. The number of nitrogens with one attached hydrogen (secondary N) is 1. The average Bonchev–Trinajstić information content (AvgIpc) is 3.42. The molecule has 174 valence electrons. The highest BCUT2D eigenvalue weighted by Crippen LogP contribution is 2.33. The molecule has 0 spiro atoms. The van der Waals surface area contributed by atoms with Crippen LogP contribution in [0.4, 0.5) is 5.69 Å². The van der Waals surface area contributed by atoms with E-state index in [9.17, 15) is 9.59 Å². The number of benzene rings is 2. The normalized spacial score (nSPS) is 15.5. The Balaban J connectivity index is 1.49. The van der Waals surface area contributed by atoms with E-state index in [4.69, 9.17) is 19.0 Å². The van der Waals surface area contributed by atoms with E-state index < -0.39 is 5.97 Å². The van der Waals surface area contributed by atoms with Gasteiger partial charge in [-0.3, -0.25) is 4.79 Å². The van der Waals surface area contributed by atoms with Crippen LogP contribution >= 0.6 is 27.7 Å². The van der Waals surface area contributed by atoms with Gasteiger partial charge in [0.05, 0.1) is 17.2 Å². The van der Waals surface area contributed by atoms with Crippen LogP contribution in [0.2, 0.25) is 0 Å². The number of carboxylic acids is 1. The van der Waals surface area contributed by atoms with Crippen molar-refractivity contribution in [2.24, 2.45) is 4.99 Å². The van der Waals surface area contributed by atoms with Gasteiger partial charge in [0.2, 0.25) is 5.76 Å². The van der Waals surface area contributed by atoms with Crippen molar-refractivity contribution in [3.8, 4) is 11.5 Å². The lowest BCUT2D eigenvalue weighted by Gasteiger charge is -2.12. The van der Waals surface area contributed by atoms with Crippen molar-refractivity contribution in [3.63, 3.8) is 0 Å². The Morgan fingerprint density at radius 1 is 1.15 bits per heavy atom. The van der Waals surface area contributed by atoms with Gasteiger partial charge in [-0.2, -0.15) is 0 Å². The molecule has 1 amide bonds. The Bertz CT molecular complexity index is 1280. The number of carbonyl (C=O) groups is 2. The van der Waals surface area contributed by atoms with Crippen molar-refractivity contribution in [1.29, 1.82) is 0 Å². The van der Waals surface area contributed by atoms with E-state index in [1.54, 1.807) is 30.3 Å². The zero-order valence-electron chi connectivity index (χ0n) is 17.9. The summed E-state index contributed by atoms with van der Waals surface area (Å²) in [4.78, 5) is 28.3. The number of nitrogens with zero attached hydrogens (tertiary/aromatic N) is 1. The number of hydrogen-bond acceptors (Lipinski definition) is 7. The molecule has 1 aliphatic heterocycles. The van der Waals surface area contributed by atoms with Gasteiger partial charge in [0.1, 0.15) is 12.4 Å². The third-order valence-corrected chi connectivity index (χ3v) is 5.95. The molecule has 2 heterocycles. The van der Waals surface area contributed by atoms with E-state index in [2.05, 4.69) is 26.2 Å². The summed E-state index contributed by atoms with van der Waals surface area (Å²) in [6.07, 6.45) is 1.75. The molecule has 1 aliphatic rings. The summed E-state index contributed by atoms with van der Waals surface area (Å²) < 4.78 is 17.6. The summed E-state index contributed by atoms with van der Waals surface area (Å²) in [5.41, 5.74) is 1.49. The van der Waals surface area contributed by atoms with E-state index in [1.165, 1.54) is 17.8 Å². The quantitative estimate of drug-likeness (QED) is 0.356. The molecule has 0 atom stereocenters. The van der Waals surface area contributed by atoms with Crippen molar-refractivity contribution < 1.29 is 28.6 Å². The lowest BCUT2D eigenvalue weighted by molar-refractivity contribution is -0.115. The van der Waals surface area contributed by atoms with Crippen LogP contribution in [0.25, 0.3) is 6.08 Å². The number of thioether (sulfide) groups is 1. The molecule has 1 fully saturated rings.